The van der Waals surface area contributed by atoms with E-state index in [1.807, 2.05) is 12.1 Å². The summed E-state index contributed by atoms with van der Waals surface area (Å²) < 4.78 is 7.49. The van der Waals surface area contributed by atoms with Crippen molar-refractivity contribution >= 4 is 0 Å². The van der Waals surface area contributed by atoms with Gasteiger partial charge in [0.15, 0.2) is 0 Å². The van der Waals surface area contributed by atoms with Crippen LogP contribution in [0.15, 0.2) is 30.5 Å². The number of methoxy groups -OCH3 is 1. The van der Waals surface area contributed by atoms with Gasteiger partial charge in [0, 0.05) is 49.5 Å². The van der Waals surface area contributed by atoms with Gasteiger partial charge < -0.3 is 10.1 Å². The number of hydrogen-bond donors (Lipinski definition) is 1. The summed E-state index contributed by atoms with van der Waals surface area (Å²) >= 11 is 0. The van der Waals surface area contributed by atoms with Crippen molar-refractivity contribution in [3.63, 3.8) is 0 Å². The summed E-state index contributed by atoms with van der Waals surface area (Å²) in [5, 5.41) is 8.44. The second-order valence-corrected chi connectivity index (χ2v) is 7.94. The molecule has 1 aromatic heterocycles. The predicted molar refractivity (Wildman–Crippen MR) is 102 cm³/mol. The van der Waals surface area contributed by atoms with Crippen LogP contribution in [0.4, 0.5) is 0 Å². The molecule has 0 saturated carbocycles. The Balaban J connectivity index is 1.96. The Labute approximate surface area is 151 Å². The van der Waals surface area contributed by atoms with Crippen LogP contribution in [0.3, 0.4) is 0 Å². The number of hydrogen-bond acceptors (Lipinski definition) is 4. The zero-order chi connectivity index (χ0) is 18.0. The van der Waals surface area contributed by atoms with Crippen molar-refractivity contribution in [2.24, 2.45) is 0 Å². The average molecular weight is 342 g/mol. The molecule has 0 radical (unpaired) electrons. The van der Waals surface area contributed by atoms with Gasteiger partial charge in [0.1, 0.15) is 5.75 Å². The Morgan fingerprint density at radius 1 is 1.32 bits per heavy atom. The zero-order valence-corrected chi connectivity index (χ0v) is 16.0. The van der Waals surface area contributed by atoms with Gasteiger partial charge in [0.2, 0.25) is 0 Å². The van der Waals surface area contributed by atoms with E-state index < -0.39 is 0 Å². The van der Waals surface area contributed by atoms with E-state index in [9.17, 15) is 0 Å². The summed E-state index contributed by atoms with van der Waals surface area (Å²) in [6.45, 7) is 12.9. The first-order chi connectivity index (χ1) is 11.9. The molecule has 2 heterocycles. The molecule has 3 rings (SSSR count). The molecule has 136 valence electrons. The van der Waals surface area contributed by atoms with Crippen LogP contribution < -0.4 is 10.1 Å². The molecule has 1 saturated heterocycles. The number of ether oxygens (including phenoxy) is 1. The van der Waals surface area contributed by atoms with Crippen molar-refractivity contribution in [1.82, 2.24) is 20.0 Å². The van der Waals surface area contributed by atoms with E-state index >= 15 is 0 Å². The number of rotatable bonds is 4. The van der Waals surface area contributed by atoms with E-state index in [-0.39, 0.29) is 5.54 Å². The number of aromatic nitrogens is 2. The Hall–Kier alpha value is -1.85. The quantitative estimate of drug-likeness (QED) is 0.927. The van der Waals surface area contributed by atoms with Crippen LogP contribution in [0.25, 0.3) is 11.3 Å². The lowest BCUT2D eigenvalue weighted by Crippen LogP contribution is -2.48. The minimum Gasteiger partial charge on any atom is -0.497 e. The second-order valence-electron chi connectivity index (χ2n) is 7.94. The monoisotopic (exact) mass is 342 g/mol. The first kappa shape index (κ1) is 18.0. The molecule has 2 aromatic rings. The summed E-state index contributed by atoms with van der Waals surface area (Å²) in [5.74, 6) is 0.865. The maximum Gasteiger partial charge on any atom is 0.119 e. The summed E-state index contributed by atoms with van der Waals surface area (Å²) in [5.41, 5.74) is 3.40. The third-order valence-corrected chi connectivity index (χ3v) is 4.67. The van der Waals surface area contributed by atoms with Crippen LogP contribution in [0, 0.1) is 0 Å². The third-order valence-electron chi connectivity index (χ3n) is 4.67. The molecular weight excluding hydrogens is 312 g/mol. The molecule has 0 aliphatic carbocycles. The van der Waals surface area contributed by atoms with Crippen molar-refractivity contribution in [3.8, 4) is 17.0 Å². The topological polar surface area (TPSA) is 42.3 Å². The fourth-order valence-corrected chi connectivity index (χ4v) is 3.28. The molecule has 0 bridgehead atoms. The Kier molecular flexibility index (Phi) is 5.16. The van der Waals surface area contributed by atoms with Crippen molar-refractivity contribution in [2.75, 3.05) is 26.7 Å². The largest absolute Gasteiger partial charge is 0.497 e. The average Bonchev–Trinajstić information content (AvgIpc) is 2.99. The molecule has 1 atom stereocenters. The SMILES string of the molecule is COc1cccc(-c2nn(C(C)(C)C)cc2CN2CCN[C@H](C)C2)c1. The third kappa shape index (κ3) is 4.22. The van der Waals surface area contributed by atoms with E-state index in [4.69, 9.17) is 9.84 Å². The first-order valence-corrected chi connectivity index (χ1v) is 9.06. The predicted octanol–water partition coefficient (Wildman–Crippen LogP) is 3.11. The number of benzene rings is 1. The lowest BCUT2D eigenvalue weighted by molar-refractivity contribution is 0.199. The molecule has 0 unspecified atom stereocenters. The molecule has 5 heteroatoms. The number of piperazine rings is 1. The van der Waals surface area contributed by atoms with Crippen molar-refractivity contribution in [3.05, 3.63) is 36.0 Å². The van der Waals surface area contributed by atoms with Crippen molar-refractivity contribution < 1.29 is 4.74 Å². The summed E-state index contributed by atoms with van der Waals surface area (Å²) in [7, 11) is 1.70. The molecule has 1 aromatic carbocycles. The number of nitrogens with zero attached hydrogens (tertiary/aromatic N) is 3. The van der Waals surface area contributed by atoms with E-state index in [0.717, 1.165) is 43.2 Å². The standard InChI is InChI=1S/C20H30N4O/c1-15-12-23(10-9-21-15)13-17-14-24(20(2,3)4)22-19(17)16-7-6-8-18(11-16)25-5/h6-8,11,14-15,21H,9-10,12-13H2,1-5H3/t15-/m1/s1. The molecule has 5 nitrogen and oxygen atoms in total. The lowest BCUT2D eigenvalue weighted by Gasteiger charge is -2.31. The molecule has 0 amide bonds. The van der Waals surface area contributed by atoms with Gasteiger partial charge in [-0.05, 0) is 39.8 Å². The summed E-state index contributed by atoms with van der Waals surface area (Å²) in [6, 6.07) is 8.72. The second kappa shape index (κ2) is 7.18. The van der Waals surface area contributed by atoms with Gasteiger partial charge in [0.05, 0.1) is 18.3 Å². The van der Waals surface area contributed by atoms with E-state index in [1.165, 1.54) is 5.56 Å². The van der Waals surface area contributed by atoms with Crippen LogP contribution in [-0.4, -0.2) is 47.5 Å². The molecule has 0 spiro atoms. The fourth-order valence-electron chi connectivity index (χ4n) is 3.28. The minimum atomic E-state index is -0.0391. The van der Waals surface area contributed by atoms with Crippen LogP contribution in [0.5, 0.6) is 5.75 Å². The molecule has 25 heavy (non-hydrogen) atoms. The maximum absolute atomic E-state index is 5.40. The molecule has 1 fully saturated rings. The van der Waals surface area contributed by atoms with Gasteiger partial charge in [0.25, 0.3) is 0 Å². The Morgan fingerprint density at radius 2 is 2.12 bits per heavy atom. The normalized spacial score (nSPS) is 19.2. The molecule has 1 aliphatic rings. The van der Waals surface area contributed by atoms with Crippen LogP contribution in [0.2, 0.25) is 0 Å². The summed E-state index contributed by atoms with van der Waals surface area (Å²) in [6.07, 6.45) is 2.21. The smallest absolute Gasteiger partial charge is 0.119 e. The highest BCUT2D eigenvalue weighted by atomic mass is 16.5. The van der Waals surface area contributed by atoms with E-state index in [1.54, 1.807) is 7.11 Å². The van der Waals surface area contributed by atoms with Gasteiger partial charge in [-0.25, -0.2) is 0 Å². The highest BCUT2D eigenvalue weighted by molar-refractivity contribution is 5.64. The number of nitrogens with one attached hydrogen (secondary N) is 1. The van der Waals surface area contributed by atoms with E-state index in [0.29, 0.717) is 6.04 Å². The van der Waals surface area contributed by atoms with Gasteiger partial charge >= 0.3 is 0 Å². The van der Waals surface area contributed by atoms with E-state index in [2.05, 4.69) is 60.9 Å². The van der Waals surface area contributed by atoms with Crippen LogP contribution in [-0.2, 0) is 12.1 Å². The highest BCUT2D eigenvalue weighted by Gasteiger charge is 2.22. The molecular formula is C20H30N4O. The highest BCUT2D eigenvalue weighted by Crippen LogP contribution is 2.29. The first-order valence-electron chi connectivity index (χ1n) is 9.06. The van der Waals surface area contributed by atoms with Crippen LogP contribution >= 0.6 is 0 Å². The maximum atomic E-state index is 5.40. The Morgan fingerprint density at radius 3 is 2.80 bits per heavy atom. The lowest BCUT2D eigenvalue weighted by atomic mass is 10.1. The minimum absolute atomic E-state index is 0.0391. The Bertz CT molecular complexity index is 717. The molecule has 1 aliphatic heterocycles. The van der Waals surface area contributed by atoms with Gasteiger partial charge in [-0.2, -0.15) is 5.10 Å². The van der Waals surface area contributed by atoms with Crippen LogP contribution in [0.1, 0.15) is 33.3 Å². The van der Waals surface area contributed by atoms with Gasteiger partial charge in [-0.15, -0.1) is 0 Å². The van der Waals surface area contributed by atoms with Gasteiger partial charge in [-0.3, -0.25) is 9.58 Å². The van der Waals surface area contributed by atoms with Crippen molar-refractivity contribution in [1.29, 1.82) is 0 Å². The van der Waals surface area contributed by atoms with Gasteiger partial charge in [-0.1, -0.05) is 12.1 Å². The fraction of sp³-hybridized carbons (Fsp3) is 0.550. The summed E-state index contributed by atoms with van der Waals surface area (Å²) in [4.78, 5) is 2.51. The zero-order valence-electron chi connectivity index (χ0n) is 16.0. The molecule has 1 N–H and O–H groups in total. The van der Waals surface area contributed by atoms with Crippen molar-refractivity contribution in [2.45, 2.75) is 45.8 Å².